The summed E-state index contributed by atoms with van der Waals surface area (Å²) in [7, 11) is 0. The summed E-state index contributed by atoms with van der Waals surface area (Å²) in [5.74, 6) is -0.350. The van der Waals surface area contributed by atoms with Crippen molar-refractivity contribution in [1.82, 2.24) is 5.32 Å². The van der Waals surface area contributed by atoms with Crippen molar-refractivity contribution in [3.05, 3.63) is 71.3 Å². The van der Waals surface area contributed by atoms with Gasteiger partial charge in [0.1, 0.15) is 5.37 Å². The van der Waals surface area contributed by atoms with Crippen molar-refractivity contribution in [2.24, 2.45) is 0 Å². The molecule has 0 spiro atoms. The van der Waals surface area contributed by atoms with E-state index in [0.717, 1.165) is 10.5 Å². The predicted octanol–water partition coefficient (Wildman–Crippen LogP) is 5.96. The first-order valence-electron chi connectivity index (χ1n) is 6.87. The highest BCUT2D eigenvalue weighted by Gasteiger charge is 2.34. The maximum Gasteiger partial charge on any atom is 0.245 e. The molecule has 0 fully saturated rings. The van der Waals surface area contributed by atoms with E-state index in [1.54, 1.807) is 30.3 Å². The summed E-state index contributed by atoms with van der Waals surface area (Å²) in [5, 5.41) is 2.56. The van der Waals surface area contributed by atoms with Gasteiger partial charge in [0.05, 0.1) is 0 Å². The Balaban J connectivity index is 2.04. The smallest absolute Gasteiger partial charge is 0.245 e. The molecule has 2 nitrogen and oxygen atoms in total. The molecule has 0 bridgehead atoms. The second-order valence-corrected chi connectivity index (χ2v) is 8.73. The summed E-state index contributed by atoms with van der Waals surface area (Å²) in [6, 6.07) is 16.5. The lowest BCUT2D eigenvalue weighted by molar-refractivity contribution is -0.116. The average molecular weight is 421 g/mol. The van der Waals surface area contributed by atoms with Crippen LogP contribution in [0.2, 0.25) is 5.02 Å². The van der Waals surface area contributed by atoms with Crippen LogP contribution in [0.1, 0.15) is 5.56 Å². The number of alkyl halides is 3. The summed E-state index contributed by atoms with van der Waals surface area (Å²) in [5.41, 5.74) is 0.906. The van der Waals surface area contributed by atoms with Gasteiger partial charge in [-0.25, -0.2) is 0 Å². The number of carbonyl (C=O) groups is 1. The Morgan fingerprint density at radius 1 is 1.04 bits per heavy atom. The van der Waals surface area contributed by atoms with Crippen LogP contribution in [0.25, 0.3) is 6.08 Å². The van der Waals surface area contributed by atoms with Gasteiger partial charge in [-0.05, 0) is 35.9 Å². The minimum atomic E-state index is -1.67. The lowest BCUT2D eigenvalue weighted by Gasteiger charge is -2.24. The Hall–Kier alpha value is -0.840. The Labute approximate surface area is 165 Å². The fourth-order valence-electron chi connectivity index (χ4n) is 1.74. The van der Waals surface area contributed by atoms with Gasteiger partial charge in [0.15, 0.2) is 0 Å². The fourth-order valence-corrected chi connectivity index (χ4v) is 3.31. The minimum Gasteiger partial charge on any atom is -0.336 e. The zero-order chi connectivity index (χ0) is 17.6. The van der Waals surface area contributed by atoms with Gasteiger partial charge in [-0.15, -0.1) is 0 Å². The molecule has 1 amide bonds. The van der Waals surface area contributed by atoms with Crippen LogP contribution in [0.3, 0.4) is 0 Å². The second kappa shape index (κ2) is 9.02. The Morgan fingerprint density at radius 2 is 1.67 bits per heavy atom. The monoisotopic (exact) mass is 419 g/mol. The highest BCUT2D eigenvalue weighted by molar-refractivity contribution is 8.00. The number of amides is 1. The molecule has 2 aromatic rings. The molecule has 0 aliphatic heterocycles. The van der Waals surface area contributed by atoms with Gasteiger partial charge < -0.3 is 5.32 Å². The van der Waals surface area contributed by atoms with Gasteiger partial charge in [0.2, 0.25) is 9.70 Å². The maximum atomic E-state index is 12.1. The molecule has 7 heteroatoms. The number of hydrogen-bond acceptors (Lipinski definition) is 2. The Kier molecular flexibility index (Phi) is 7.33. The van der Waals surface area contributed by atoms with E-state index in [-0.39, 0.29) is 5.91 Å². The highest BCUT2D eigenvalue weighted by Crippen LogP contribution is 2.39. The van der Waals surface area contributed by atoms with E-state index >= 15 is 0 Å². The van der Waals surface area contributed by atoms with Crippen LogP contribution in [-0.2, 0) is 4.79 Å². The Bertz CT molecular complexity index is 699. The molecule has 1 atom stereocenters. The molecule has 2 rings (SSSR count). The second-order valence-electron chi connectivity index (χ2n) is 4.75. The van der Waals surface area contributed by atoms with Crippen molar-refractivity contribution in [2.75, 3.05) is 0 Å². The number of carbonyl (C=O) groups excluding carboxylic acids is 1. The molecule has 0 saturated heterocycles. The molecule has 0 aromatic heterocycles. The summed E-state index contributed by atoms with van der Waals surface area (Å²) < 4.78 is -1.67. The van der Waals surface area contributed by atoms with E-state index in [1.807, 2.05) is 30.3 Å². The first-order valence-corrected chi connectivity index (χ1v) is 9.26. The van der Waals surface area contributed by atoms with E-state index in [9.17, 15) is 4.79 Å². The quantitative estimate of drug-likeness (QED) is 0.280. The maximum absolute atomic E-state index is 12.1. The lowest BCUT2D eigenvalue weighted by Crippen LogP contribution is -2.40. The van der Waals surface area contributed by atoms with Crippen LogP contribution >= 0.6 is 58.2 Å². The molecular formula is C17H13Cl4NOS. The van der Waals surface area contributed by atoms with E-state index < -0.39 is 9.17 Å². The molecule has 0 saturated carbocycles. The summed E-state index contributed by atoms with van der Waals surface area (Å²) in [6.45, 7) is 0. The van der Waals surface area contributed by atoms with E-state index in [2.05, 4.69) is 5.32 Å². The summed E-state index contributed by atoms with van der Waals surface area (Å²) >= 11 is 25.0. The summed E-state index contributed by atoms with van der Waals surface area (Å²) in [4.78, 5) is 12.9. The van der Waals surface area contributed by atoms with Gasteiger partial charge in [-0.1, -0.05) is 88.5 Å². The topological polar surface area (TPSA) is 29.1 Å². The van der Waals surface area contributed by atoms with Crippen LogP contribution in [0.5, 0.6) is 0 Å². The Morgan fingerprint density at radius 3 is 2.25 bits per heavy atom. The molecule has 0 aliphatic carbocycles. The van der Waals surface area contributed by atoms with Crippen LogP contribution in [-0.4, -0.2) is 15.1 Å². The van der Waals surface area contributed by atoms with Crippen molar-refractivity contribution >= 4 is 70.1 Å². The zero-order valence-corrected chi connectivity index (χ0v) is 16.1. The van der Waals surface area contributed by atoms with E-state index in [1.165, 1.54) is 17.8 Å². The first-order chi connectivity index (χ1) is 11.3. The highest BCUT2D eigenvalue weighted by atomic mass is 35.6. The molecule has 0 unspecified atom stereocenters. The van der Waals surface area contributed by atoms with E-state index in [4.69, 9.17) is 46.4 Å². The van der Waals surface area contributed by atoms with E-state index in [0.29, 0.717) is 5.02 Å². The number of thioether (sulfide) groups is 1. The first kappa shape index (κ1) is 19.5. The van der Waals surface area contributed by atoms with Gasteiger partial charge in [0.25, 0.3) is 0 Å². The summed E-state index contributed by atoms with van der Waals surface area (Å²) in [6.07, 6.45) is 3.10. The van der Waals surface area contributed by atoms with Gasteiger partial charge in [0, 0.05) is 16.0 Å². The SMILES string of the molecule is O=C(/C=C\c1ccccc1)N[C@@H](Sc1ccc(Cl)cc1)C(Cl)(Cl)Cl. The van der Waals surface area contributed by atoms with Crippen LogP contribution < -0.4 is 5.32 Å². The third kappa shape index (κ3) is 6.58. The van der Waals surface area contributed by atoms with Gasteiger partial charge in [-0.3, -0.25) is 4.79 Å². The lowest BCUT2D eigenvalue weighted by atomic mass is 10.2. The molecule has 1 N–H and O–H groups in total. The van der Waals surface area contributed by atoms with Crippen molar-refractivity contribution < 1.29 is 4.79 Å². The van der Waals surface area contributed by atoms with Crippen LogP contribution in [0, 0.1) is 0 Å². The predicted molar refractivity (Wildman–Crippen MR) is 105 cm³/mol. The van der Waals surface area contributed by atoms with Crippen LogP contribution in [0.4, 0.5) is 0 Å². The van der Waals surface area contributed by atoms with Crippen molar-refractivity contribution in [3.63, 3.8) is 0 Å². The largest absolute Gasteiger partial charge is 0.336 e. The number of hydrogen-bond donors (Lipinski definition) is 1. The third-order valence-corrected chi connectivity index (χ3v) is 5.41. The minimum absolute atomic E-state index is 0.350. The van der Waals surface area contributed by atoms with Crippen molar-refractivity contribution in [1.29, 1.82) is 0 Å². The normalized spacial score (nSPS) is 13.0. The molecular weight excluding hydrogens is 408 g/mol. The number of benzene rings is 2. The molecule has 24 heavy (non-hydrogen) atoms. The van der Waals surface area contributed by atoms with Crippen molar-refractivity contribution in [3.8, 4) is 0 Å². The number of halogens is 4. The molecule has 2 aromatic carbocycles. The molecule has 0 heterocycles. The standard InChI is InChI=1S/C17H13Cl4NOS/c18-13-7-9-14(10-8-13)24-16(17(19,20)21)22-15(23)11-6-12-4-2-1-3-5-12/h1-11,16H,(H,22,23)/b11-6-/t16-/m0/s1. The number of rotatable bonds is 5. The van der Waals surface area contributed by atoms with Gasteiger partial charge in [-0.2, -0.15) is 0 Å². The third-order valence-electron chi connectivity index (χ3n) is 2.86. The fraction of sp³-hybridized carbons (Fsp3) is 0.118. The van der Waals surface area contributed by atoms with Crippen molar-refractivity contribution in [2.45, 2.75) is 14.1 Å². The van der Waals surface area contributed by atoms with Gasteiger partial charge >= 0.3 is 0 Å². The number of nitrogens with one attached hydrogen (secondary N) is 1. The zero-order valence-electron chi connectivity index (χ0n) is 12.3. The molecule has 0 radical (unpaired) electrons. The van der Waals surface area contributed by atoms with Crippen LogP contribution in [0.15, 0.2) is 65.6 Å². The average Bonchev–Trinajstić information content (AvgIpc) is 2.54. The molecule has 126 valence electrons. The molecule has 0 aliphatic rings.